The van der Waals surface area contributed by atoms with E-state index in [9.17, 15) is 35.1 Å². The highest BCUT2D eigenvalue weighted by Crippen LogP contribution is 2.26. The molecule has 0 aromatic heterocycles. The predicted octanol–water partition coefficient (Wildman–Crippen LogP) is 14.6. The molecule has 0 bridgehead atoms. The number of carbonyl (C=O) groups excluding carboxylic acids is 2. The van der Waals surface area contributed by atoms with E-state index < -0.39 is 67.4 Å². The third-order valence-electron chi connectivity index (χ3n) is 14.0. The topological polar surface area (TPSA) is 175 Å². The van der Waals surface area contributed by atoms with Crippen molar-refractivity contribution < 1.29 is 49.3 Å². The van der Waals surface area contributed by atoms with Crippen LogP contribution in [-0.4, -0.2) is 99.6 Å². The summed E-state index contributed by atoms with van der Waals surface area (Å²) >= 11 is 0. The van der Waals surface area contributed by atoms with Gasteiger partial charge in [0.1, 0.15) is 24.4 Å². The molecule has 1 aliphatic heterocycles. The number of ether oxygens (including phenoxy) is 3. The second-order valence-electron chi connectivity index (χ2n) is 21.0. The lowest BCUT2D eigenvalue weighted by Gasteiger charge is -2.41. The van der Waals surface area contributed by atoms with Gasteiger partial charge in [-0.25, -0.2) is 0 Å². The highest BCUT2D eigenvalue weighted by Gasteiger charge is 2.47. The van der Waals surface area contributed by atoms with Gasteiger partial charge in [-0.15, -0.1) is 0 Å². The van der Waals surface area contributed by atoms with Crippen molar-refractivity contribution >= 4 is 11.9 Å². The number of aliphatic hydroxyl groups is 5. The number of nitrogens with one attached hydrogen (secondary N) is 1. The molecule has 1 rings (SSSR count). The van der Waals surface area contributed by atoms with E-state index in [0.717, 1.165) is 116 Å². The molecule has 1 fully saturated rings. The number of hydrogen-bond acceptors (Lipinski definition) is 10. The van der Waals surface area contributed by atoms with E-state index in [4.69, 9.17) is 14.2 Å². The van der Waals surface area contributed by atoms with Crippen LogP contribution in [0.1, 0.15) is 252 Å². The minimum absolute atomic E-state index is 0.105. The molecule has 1 amide bonds. The summed E-state index contributed by atoms with van der Waals surface area (Å²) in [5.41, 5.74) is 0. The van der Waals surface area contributed by atoms with Gasteiger partial charge in [0.05, 0.1) is 25.4 Å². The second-order valence-corrected chi connectivity index (χ2v) is 21.0. The molecular weight excluding hydrogens is 955 g/mol. The molecule has 8 atom stereocenters. The molecule has 0 radical (unpaired) electrons. The van der Waals surface area contributed by atoms with Crippen LogP contribution < -0.4 is 5.32 Å². The van der Waals surface area contributed by atoms with Gasteiger partial charge in [-0.2, -0.15) is 0 Å². The fraction of sp³-hybridized carbons (Fsp3) is 0.754. The van der Waals surface area contributed by atoms with Crippen molar-refractivity contribution in [1.29, 1.82) is 0 Å². The molecule has 1 aliphatic rings. The molecule has 0 saturated carbocycles. The maximum atomic E-state index is 13.4. The first kappa shape index (κ1) is 70.9. The number of rotatable bonds is 51. The van der Waals surface area contributed by atoms with Crippen molar-refractivity contribution in [2.24, 2.45) is 0 Å². The lowest BCUT2D eigenvalue weighted by Crippen LogP contribution is -2.61. The van der Waals surface area contributed by atoms with E-state index in [-0.39, 0.29) is 19.4 Å². The summed E-state index contributed by atoms with van der Waals surface area (Å²) in [4.78, 5) is 26.5. The molecule has 1 heterocycles. The zero-order chi connectivity index (χ0) is 55.4. The van der Waals surface area contributed by atoms with Crippen LogP contribution in [0.5, 0.6) is 0 Å². The summed E-state index contributed by atoms with van der Waals surface area (Å²) in [6, 6.07) is -1.04. The van der Waals surface area contributed by atoms with E-state index >= 15 is 0 Å². The Hall–Kier alpha value is -3.16. The van der Waals surface area contributed by atoms with Gasteiger partial charge in [0.25, 0.3) is 0 Å². The number of aliphatic hydroxyl groups excluding tert-OH is 5. The first-order valence-electron chi connectivity index (χ1n) is 30.9. The Morgan fingerprint density at radius 2 is 0.947 bits per heavy atom. The average Bonchev–Trinajstić information content (AvgIpc) is 3.42. The molecular formula is C65H113NO10. The Bertz CT molecular complexity index is 1560. The SMILES string of the molecule is CC/C=C\C/C=C\C/C=C\C/C=C\C/C=C\CCCCCCCCCC(=O)OC1C(OCC(NC(=O)C(O)CCCC/C=C\CCCCCCCCC)C(O)/C=C/CCCCCCCCCCC)OC(CO)C(O)C1O. The summed E-state index contributed by atoms with van der Waals surface area (Å²) in [6.07, 6.45) is 57.7. The van der Waals surface area contributed by atoms with Crippen LogP contribution in [-0.2, 0) is 23.8 Å². The quantitative estimate of drug-likeness (QED) is 0.0195. The number of allylic oxidation sites excluding steroid dienone is 13. The zero-order valence-corrected chi connectivity index (χ0v) is 48.3. The highest BCUT2D eigenvalue weighted by molar-refractivity contribution is 5.80. The number of esters is 1. The normalized spacial score (nSPS) is 19.7. The van der Waals surface area contributed by atoms with E-state index in [1.165, 1.54) is 89.9 Å². The zero-order valence-electron chi connectivity index (χ0n) is 48.3. The summed E-state index contributed by atoms with van der Waals surface area (Å²) in [5, 5.41) is 56.9. The van der Waals surface area contributed by atoms with Gasteiger partial charge in [0.2, 0.25) is 5.91 Å². The molecule has 8 unspecified atom stereocenters. The van der Waals surface area contributed by atoms with Gasteiger partial charge in [-0.1, -0.05) is 234 Å². The largest absolute Gasteiger partial charge is 0.454 e. The molecule has 0 spiro atoms. The summed E-state index contributed by atoms with van der Waals surface area (Å²) in [6.45, 7) is 5.64. The van der Waals surface area contributed by atoms with Crippen LogP contribution in [0.15, 0.2) is 85.1 Å². The fourth-order valence-corrected chi connectivity index (χ4v) is 9.14. The number of amides is 1. The van der Waals surface area contributed by atoms with Gasteiger partial charge in [-0.05, 0) is 96.3 Å². The van der Waals surface area contributed by atoms with Crippen molar-refractivity contribution in [1.82, 2.24) is 5.32 Å². The van der Waals surface area contributed by atoms with Gasteiger partial charge >= 0.3 is 5.97 Å². The van der Waals surface area contributed by atoms with Crippen LogP contribution in [0.25, 0.3) is 0 Å². The van der Waals surface area contributed by atoms with E-state index in [1.54, 1.807) is 6.08 Å². The van der Waals surface area contributed by atoms with Crippen LogP contribution in [0, 0.1) is 0 Å². The van der Waals surface area contributed by atoms with Crippen molar-refractivity contribution in [3.8, 4) is 0 Å². The third-order valence-corrected chi connectivity index (χ3v) is 14.0. The molecule has 76 heavy (non-hydrogen) atoms. The van der Waals surface area contributed by atoms with Crippen molar-refractivity contribution in [3.63, 3.8) is 0 Å². The summed E-state index contributed by atoms with van der Waals surface area (Å²) in [7, 11) is 0. The lowest BCUT2D eigenvalue weighted by molar-refractivity contribution is -0.305. The second kappa shape index (κ2) is 52.5. The Balaban J connectivity index is 2.65. The molecule has 1 saturated heterocycles. The third kappa shape index (κ3) is 40.1. The maximum absolute atomic E-state index is 13.4. The van der Waals surface area contributed by atoms with Gasteiger partial charge in [0.15, 0.2) is 12.4 Å². The maximum Gasteiger partial charge on any atom is 0.306 e. The number of unbranched alkanes of at least 4 members (excludes halogenated alkanes) is 25. The standard InChI is InChI=1S/C65H113NO10/c1-4-7-10-13-16-19-22-24-25-26-27-28-29-30-31-32-33-35-38-41-44-47-50-53-60(70)76-63-62(72)61(71)59(54-67)75-65(63)74-55-56(57(68)51-48-45-42-39-36-21-18-15-12-9-6-3)66-64(73)58(69)52-49-46-43-40-37-34-23-20-17-14-11-8-5-2/h7,10,16,19,24-25,27-28,30-31,37,40,48,51,56-59,61-63,65,67-69,71-72H,4-6,8-9,11-15,17-18,20-23,26,29,32-36,38-39,41-47,49-50,52-55H2,1-3H3,(H,66,73)/b10-7-,19-16-,25-24-,28-27-,31-30-,40-37-,51-48+. The van der Waals surface area contributed by atoms with Crippen molar-refractivity contribution in [3.05, 3.63) is 85.1 Å². The van der Waals surface area contributed by atoms with Crippen LogP contribution in [0.3, 0.4) is 0 Å². The fourth-order valence-electron chi connectivity index (χ4n) is 9.14. The average molecular weight is 1070 g/mol. The van der Waals surface area contributed by atoms with Gasteiger partial charge < -0.3 is 45.1 Å². The molecule has 0 aromatic rings. The Morgan fingerprint density at radius 1 is 0.526 bits per heavy atom. The minimum Gasteiger partial charge on any atom is -0.454 e. The lowest BCUT2D eigenvalue weighted by atomic mass is 9.99. The van der Waals surface area contributed by atoms with E-state index in [1.807, 2.05) is 6.08 Å². The molecule has 6 N–H and O–H groups in total. The van der Waals surface area contributed by atoms with E-state index in [0.29, 0.717) is 12.8 Å². The van der Waals surface area contributed by atoms with Gasteiger partial charge in [0, 0.05) is 6.42 Å². The Morgan fingerprint density at radius 3 is 1.43 bits per heavy atom. The number of carbonyl (C=O) groups is 2. The Labute approximate surface area is 463 Å². The predicted molar refractivity (Wildman–Crippen MR) is 315 cm³/mol. The molecule has 11 nitrogen and oxygen atoms in total. The molecule has 0 aliphatic carbocycles. The molecule has 438 valence electrons. The first-order chi connectivity index (χ1) is 37.2. The first-order valence-corrected chi connectivity index (χ1v) is 30.9. The number of hydrogen-bond donors (Lipinski definition) is 6. The Kier molecular flexibility index (Phi) is 49.0. The van der Waals surface area contributed by atoms with Crippen LogP contribution in [0.4, 0.5) is 0 Å². The summed E-state index contributed by atoms with van der Waals surface area (Å²) in [5.74, 6) is -1.23. The van der Waals surface area contributed by atoms with Gasteiger partial charge in [-0.3, -0.25) is 9.59 Å². The highest BCUT2D eigenvalue weighted by atomic mass is 16.7. The van der Waals surface area contributed by atoms with Crippen LogP contribution in [0.2, 0.25) is 0 Å². The van der Waals surface area contributed by atoms with Crippen molar-refractivity contribution in [2.75, 3.05) is 13.2 Å². The van der Waals surface area contributed by atoms with Crippen LogP contribution >= 0.6 is 0 Å². The minimum atomic E-state index is -1.62. The monoisotopic (exact) mass is 1070 g/mol. The molecule has 11 heteroatoms. The van der Waals surface area contributed by atoms with E-state index in [2.05, 4.69) is 99.0 Å². The summed E-state index contributed by atoms with van der Waals surface area (Å²) < 4.78 is 17.6. The van der Waals surface area contributed by atoms with Crippen molar-refractivity contribution in [2.45, 2.75) is 301 Å². The molecule has 0 aromatic carbocycles. The smallest absolute Gasteiger partial charge is 0.306 e.